The summed E-state index contributed by atoms with van der Waals surface area (Å²) in [5.74, 6) is 0.975. The predicted molar refractivity (Wildman–Crippen MR) is 78.2 cm³/mol. The number of hydrogen-bond acceptors (Lipinski definition) is 3. The Kier molecular flexibility index (Phi) is 5.83. The lowest BCUT2D eigenvalue weighted by atomic mass is 9.93. The maximum atomic E-state index is 12.3. The third-order valence-corrected chi connectivity index (χ3v) is 4.46. The summed E-state index contributed by atoms with van der Waals surface area (Å²) in [6.45, 7) is 5.54. The van der Waals surface area contributed by atoms with Gasteiger partial charge in [-0.2, -0.15) is 0 Å². The van der Waals surface area contributed by atoms with Gasteiger partial charge in [0.25, 0.3) is 0 Å². The van der Waals surface area contributed by atoms with Crippen LogP contribution in [0.15, 0.2) is 0 Å². The Labute approximate surface area is 121 Å². The summed E-state index contributed by atoms with van der Waals surface area (Å²) in [6, 6.07) is 0.255. The first kappa shape index (κ1) is 15.3. The summed E-state index contributed by atoms with van der Waals surface area (Å²) < 4.78 is 0. The fourth-order valence-electron chi connectivity index (χ4n) is 3.06. The average molecular weight is 281 g/mol. The van der Waals surface area contributed by atoms with Crippen molar-refractivity contribution < 1.29 is 9.59 Å². The average Bonchev–Trinajstić information content (AvgIpc) is 2.49. The molecule has 0 bridgehead atoms. The Balaban J connectivity index is 1.69. The number of nitrogens with zero attached hydrogens (tertiary/aromatic N) is 1. The second kappa shape index (κ2) is 7.62. The van der Waals surface area contributed by atoms with Crippen molar-refractivity contribution in [2.75, 3.05) is 26.2 Å². The maximum absolute atomic E-state index is 12.3. The molecule has 2 N–H and O–H groups in total. The van der Waals surface area contributed by atoms with E-state index in [9.17, 15) is 9.59 Å². The fourth-order valence-corrected chi connectivity index (χ4v) is 3.06. The molecule has 0 aromatic rings. The molecule has 0 saturated carbocycles. The number of piperidine rings is 2. The minimum Gasteiger partial charge on any atom is -0.353 e. The van der Waals surface area contributed by atoms with Crippen LogP contribution < -0.4 is 10.6 Å². The summed E-state index contributed by atoms with van der Waals surface area (Å²) in [7, 11) is 0. The van der Waals surface area contributed by atoms with Crippen LogP contribution in [0, 0.1) is 5.92 Å². The standard InChI is InChI=1S/C15H27N3O2/c1-2-14(19)17-13-5-9-18(10-6-13)15(20)11-12-3-7-16-8-4-12/h12-13,16H,2-11H2,1H3,(H,17,19). The van der Waals surface area contributed by atoms with Gasteiger partial charge in [0, 0.05) is 32.0 Å². The van der Waals surface area contributed by atoms with Crippen molar-refractivity contribution in [3.63, 3.8) is 0 Å². The van der Waals surface area contributed by atoms with Crippen molar-refractivity contribution >= 4 is 11.8 Å². The molecule has 2 saturated heterocycles. The maximum Gasteiger partial charge on any atom is 0.222 e. The van der Waals surface area contributed by atoms with Crippen molar-refractivity contribution in [1.29, 1.82) is 0 Å². The summed E-state index contributed by atoms with van der Waals surface area (Å²) >= 11 is 0. The number of nitrogens with one attached hydrogen (secondary N) is 2. The van der Waals surface area contributed by atoms with Crippen LogP contribution >= 0.6 is 0 Å². The van der Waals surface area contributed by atoms with Crippen LogP contribution in [0.3, 0.4) is 0 Å². The lowest BCUT2D eigenvalue weighted by molar-refractivity contribution is -0.133. The zero-order valence-corrected chi connectivity index (χ0v) is 12.5. The molecule has 0 spiro atoms. The van der Waals surface area contributed by atoms with E-state index >= 15 is 0 Å². The van der Waals surface area contributed by atoms with Crippen LogP contribution in [-0.4, -0.2) is 48.9 Å². The van der Waals surface area contributed by atoms with Crippen LogP contribution in [0.2, 0.25) is 0 Å². The highest BCUT2D eigenvalue weighted by molar-refractivity contribution is 5.77. The first-order chi connectivity index (χ1) is 9.69. The highest BCUT2D eigenvalue weighted by Crippen LogP contribution is 2.19. The predicted octanol–water partition coefficient (Wildman–Crippen LogP) is 0.893. The van der Waals surface area contributed by atoms with Crippen LogP contribution in [0.25, 0.3) is 0 Å². The lowest BCUT2D eigenvalue weighted by Crippen LogP contribution is -2.47. The molecule has 2 heterocycles. The first-order valence-electron chi connectivity index (χ1n) is 7.97. The highest BCUT2D eigenvalue weighted by atomic mass is 16.2. The van der Waals surface area contributed by atoms with Crippen molar-refractivity contribution in [3.8, 4) is 0 Å². The molecule has 5 heteroatoms. The van der Waals surface area contributed by atoms with Crippen molar-refractivity contribution in [3.05, 3.63) is 0 Å². The Hall–Kier alpha value is -1.10. The van der Waals surface area contributed by atoms with E-state index in [0.29, 0.717) is 24.7 Å². The van der Waals surface area contributed by atoms with Gasteiger partial charge in [-0.3, -0.25) is 9.59 Å². The number of likely N-dealkylation sites (tertiary alicyclic amines) is 1. The SMILES string of the molecule is CCC(=O)NC1CCN(C(=O)CC2CCNCC2)CC1. The largest absolute Gasteiger partial charge is 0.353 e. The van der Waals surface area contributed by atoms with Crippen molar-refractivity contribution in [1.82, 2.24) is 15.5 Å². The number of carbonyl (C=O) groups excluding carboxylic acids is 2. The molecule has 2 aliphatic heterocycles. The smallest absolute Gasteiger partial charge is 0.222 e. The van der Waals surface area contributed by atoms with Crippen LogP contribution in [0.4, 0.5) is 0 Å². The molecule has 2 rings (SSSR count). The summed E-state index contributed by atoms with van der Waals surface area (Å²) in [4.78, 5) is 25.6. The van der Waals surface area contributed by atoms with E-state index in [1.165, 1.54) is 0 Å². The molecular formula is C15H27N3O2. The number of hydrogen-bond donors (Lipinski definition) is 2. The molecule has 0 aromatic carbocycles. The minimum absolute atomic E-state index is 0.115. The molecule has 2 aliphatic rings. The van der Waals surface area contributed by atoms with E-state index in [1.54, 1.807) is 0 Å². The Morgan fingerprint density at radius 1 is 1.15 bits per heavy atom. The van der Waals surface area contributed by atoms with Gasteiger partial charge in [0.1, 0.15) is 0 Å². The zero-order valence-electron chi connectivity index (χ0n) is 12.5. The normalized spacial score (nSPS) is 21.8. The monoisotopic (exact) mass is 281 g/mol. The molecule has 0 aliphatic carbocycles. The number of rotatable bonds is 4. The Morgan fingerprint density at radius 3 is 2.40 bits per heavy atom. The molecule has 2 amide bonds. The van der Waals surface area contributed by atoms with Gasteiger partial charge >= 0.3 is 0 Å². The van der Waals surface area contributed by atoms with E-state index in [2.05, 4.69) is 10.6 Å². The van der Waals surface area contributed by atoms with E-state index in [4.69, 9.17) is 0 Å². The number of carbonyl (C=O) groups is 2. The third-order valence-electron chi connectivity index (χ3n) is 4.46. The second-order valence-electron chi connectivity index (χ2n) is 5.97. The molecule has 20 heavy (non-hydrogen) atoms. The van der Waals surface area contributed by atoms with E-state index in [-0.39, 0.29) is 11.9 Å². The molecule has 0 atom stereocenters. The van der Waals surface area contributed by atoms with Crippen LogP contribution in [0.5, 0.6) is 0 Å². The van der Waals surface area contributed by atoms with E-state index in [1.807, 2.05) is 11.8 Å². The fraction of sp³-hybridized carbons (Fsp3) is 0.867. The van der Waals surface area contributed by atoms with Crippen molar-refractivity contribution in [2.24, 2.45) is 5.92 Å². The third kappa shape index (κ3) is 4.47. The van der Waals surface area contributed by atoms with Crippen LogP contribution in [-0.2, 0) is 9.59 Å². The van der Waals surface area contributed by atoms with Gasteiger partial charge in [0.2, 0.25) is 11.8 Å². The van der Waals surface area contributed by atoms with Crippen LogP contribution in [0.1, 0.15) is 45.4 Å². The Bertz CT molecular complexity index is 332. The topological polar surface area (TPSA) is 61.4 Å². The minimum atomic E-state index is 0.115. The second-order valence-corrected chi connectivity index (χ2v) is 5.97. The molecule has 5 nitrogen and oxygen atoms in total. The molecule has 2 fully saturated rings. The van der Waals surface area contributed by atoms with Gasteiger partial charge in [-0.1, -0.05) is 6.92 Å². The van der Waals surface area contributed by atoms with Crippen molar-refractivity contribution in [2.45, 2.75) is 51.5 Å². The van der Waals surface area contributed by atoms with Gasteiger partial charge in [-0.05, 0) is 44.7 Å². The molecule has 114 valence electrons. The molecule has 0 radical (unpaired) electrons. The van der Waals surface area contributed by atoms with E-state index < -0.39 is 0 Å². The van der Waals surface area contributed by atoms with E-state index in [0.717, 1.165) is 51.9 Å². The molecule has 0 unspecified atom stereocenters. The summed E-state index contributed by atoms with van der Waals surface area (Å²) in [5, 5.41) is 6.36. The lowest BCUT2D eigenvalue weighted by Gasteiger charge is -2.33. The summed E-state index contributed by atoms with van der Waals surface area (Å²) in [5.41, 5.74) is 0. The zero-order chi connectivity index (χ0) is 14.4. The van der Waals surface area contributed by atoms with Gasteiger partial charge < -0.3 is 15.5 Å². The summed E-state index contributed by atoms with van der Waals surface area (Å²) in [6.07, 6.45) is 5.26. The number of amides is 2. The van der Waals surface area contributed by atoms with Gasteiger partial charge in [0.05, 0.1) is 0 Å². The van der Waals surface area contributed by atoms with Gasteiger partial charge in [-0.25, -0.2) is 0 Å². The highest BCUT2D eigenvalue weighted by Gasteiger charge is 2.25. The van der Waals surface area contributed by atoms with Gasteiger partial charge in [0.15, 0.2) is 0 Å². The van der Waals surface area contributed by atoms with Gasteiger partial charge in [-0.15, -0.1) is 0 Å². The quantitative estimate of drug-likeness (QED) is 0.804. The first-order valence-corrected chi connectivity index (χ1v) is 7.97. The Morgan fingerprint density at radius 2 is 1.80 bits per heavy atom. The molecular weight excluding hydrogens is 254 g/mol. The molecule has 0 aromatic heterocycles.